The van der Waals surface area contributed by atoms with E-state index >= 15 is 0 Å². The smallest absolute Gasteiger partial charge is 0.166 e. The number of benzene rings is 1. The first kappa shape index (κ1) is 13.7. The molecule has 4 heteroatoms. The van der Waals surface area contributed by atoms with E-state index in [-0.39, 0.29) is 23.9 Å². The number of rotatable bonds is 5. The predicted molar refractivity (Wildman–Crippen MR) is 66.8 cm³/mol. The van der Waals surface area contributed by atoms with E-state index in [1.165, 1.54) is 14.0 Å². The van der Waals surface area contributed by atoms with Crippen molar-refractivity contribution in [1.29, 1.82) is 0 Å². The van der Waals surface area contributed by atoms with Crippen molar-refractivity contribution in [1.82, 2.24) is 0 Å². The molecule has 0 spiro atoms. The first-order valence-electron chi connectivity index (χ1n) is 5.33. The van der Waals surface area contributed by atoms with Crippen LogP contribution in [0.2, 0.25) is 5.02 Å². The highest BCUT2D eigenvalue weighted by Crippen LogP contribution is 2.26. The molecule has 0 aliphatic heterocycles. The summed E-state index contributed by atoms with van der Waals surface area (Å²) in [5.41, 5.74) is 0.504. The number of hydrogen-bond acceptors (Lipinski definition) is 3. The van der Waals surface area contributed by atoms with E-state index in [0.29, 0.717) is 16.3 Å². The molecule has 0 heterocycles. The van der Waals surface area contributed by atoms with Crippen molar-refractivity contribution in [3.05, 3.63) is 28.8 Å². The van der Waals surface area contributed by atoms with Gasteiger partial charge < -0.3 is 9.53 Å². The van der Waals surface area contributed by atoms with E-state index in [1.807, 2.05) is 0 Å². The van der Waals surface area contributed by atoms with Gasteiger partial charge in [0.2, 0.25) is 0 Å². The summed E-state index contributed by atoms with van der Waals surface area (Å²) in [4.78, 5) is 22.9. The lowest BCUT2D eigenvalue weighted by Crippen LogP contribution is -2.14. The summed E-state index contributed by atoms with van der Waals surface area (Å²) >= 11 is 5.94. The van der Waals surface area contributed by atoms with Gasteiger partial charge in [-0.1, -0.05) is 18.5 Å². The van der Waals surface area contributed by atoms with Gasteiger partial charge in [0.05, 0.1) is 12.1 Å². The van der Waals surface area contributed by atoms with Crippen LogP contribution < -0.4 is 4.74 Å². The van der Waals surface area contributed by atoms with Crippen LogP contribution in [0.5, 0.6) is 5.75 Å². The standard InChI is InChI=1S/C13H15ClO3/c1-8(6-9(2)15)13(16)10-4-5-12(17-3)11(14)7-10/h4-5,7-8H,6H2,1-3H3. The number of ether oxygens (including phenoxy) is 1. The van der Waals surface area contributed by atoms with Gasteiger partial charge in [-0.05, 0) is 25.1 Å². The van der Waals surface area contributed by atoms with Crippen molar-refractivity contribution in [2.45, 2.75) is 20.3 Å². The van der Waals surface area contributed by atoms with Gasteiger partial charge in [0.1, 0.15) is 11.5 Å². The van der Waals surface area contributed by atoms with Gasteiger partial charge >= 0.3 is 0 Å². The minimum Gasteiger partial charge on any atom is -0.495 e. The molecule has 0 N–H and O–H groups in total. The SMILES string of the molecule is COc1ccc(C(=O)C(C)CC(C)=O)cc1Cl. The maximum atomic E-state index is 12.0. The van der Waals surface area contributed by atoms with E-state index in [2.05, 4.69) is 0 Å². The summed E-state index contributed by atoms with van der Waals surface area (Å²) in [5.74, 6) is 0.134. The Bertz CT molecular complexity index is 440. The third-order valence-electron chi connectivity index (χ3n) is 2.48. The van der Waals surface area contributed by atoms with Crippen LogP contribution >= 0.6 is 11.6 Å². The van der Waals surface area contributed by atoms with E-state index < -0.39 is 0 Å². The highest BCUT2D eigenvalue weighted by molar-refractivity contribution is 6.32. The molecule has 0 aliphatic carbocycles. The van der Waals surface area contributed by atoms with Gasteiger partial charge in [0.25, 0.3) is 0 Å². The zero-order chi connectivity index (χ0) is 13.0. The molecule has 0 saturated heterocycles. The number of ketones is 2. The second-order valence-corrected chi connectivity index (χ2v) is 4.43. The fourth-order valence-electron chi connectivity index (χ4n) is 1.63. The summed E-state index contributed by atoms with van der Waals surface area (Å²) in [7, 11) is 1.51. The minimum atomic E-state index is -0.322. The van der Waals surface area contributed by atoms with Gasteiger partial charge in [0, 0.05) is 17.9 Å². The van der Waals surface area contributed by atoms with Gasteiger partial charge in [-0.2, -0.15) is 0 Å². The molecule has 1 atom stereocenters. The normalized spacial score (nSPS) is 12.0. The Morgan fingerprint density at radius 3 is 2.53 bits per heavy atom. The van der Waals surface area contributed by atoms with E-state index in [9.17, 15) is 9.59 Å². The minimum absolute atomic E-state index is 0.00505. The van der Waals surface area contributed by atoms with Crippen LogP contribution in [0.4, 0.5) is 0 Å². The van der Waals surface area contributed by atoms with Crippen molar-refractivity contribution in [2.24, 2.45) is 5.92 Å². The Balaban J connectivity index is 2.89. The van der Waals surface area contributed by atoms with Crippen molar-refractivity contribution in [3.63, 3.8) is 0 Å². The summed E-state index contributed by atoms with van der Waals surface area (Å²) in [6.07, 6.45) is 0.252. The molecule has 0 saturated carbocycles. The predicted octanol–water partition coefficient (Wildman–Crippen LogP) is 3.15. The summed E-state index contributed by atoms with van der Waals surface area (Å²) < 4.78 is 5.01. The van der Waals surface area contributed by atoms with E-state index in [1.54, 1.807) is 25.1 Å². The molecule has 1 unspecified atom stereocenters. The monoisotopic (exact) mass is 254 g/mol. The van der Waals surface area contributed by atoms with Crippen LogP contribution in [0.3, 0.4) is 0 Å². The highest BCUT2D eigenvalue weighted by atomic mass is 35.5. The number of Topliss-reactive ketones (excluding diaryl/α,β-unsaturated/α-hetero) is 2. The zero-order valence-electron chi connectivity index (χ0n) is 10.1. The maximum Gasteiger partial charge on any atom is 0.166 e. The van der Waals surface area contributed by atoms with Crippen LogP contribution in [0.25, 0.3) is 0 Å². The summed E-state index contributed by atoms with van der Waals surface area (Å²) in [6.45, 7) is 3.21. The molecule has 0 aliphatic rings. The largest absolute Gasteiger partial charge is 0.495 e. The van der Waals surface area contributed by atoms with Crippen LogP contribution in [-0.2, 0) is 4.79 Å². The topological polar surface area (TPSA) is 43.4 Å². The van der Waals surface area contributed by atoms with Crippen molar-refractivity contribution >= 4 is 23.2 Å². The van der Waals surface area contributed by atoms with Gasteiger partial charge in [-0.25, -0.2) is 0 Å². The number of carbonyl (C=O) groups excluding carboxylic acids is 2. The van der Waals surface area contributed by atoms with Crippen LogP contribution in [0.1, 0.15) is 30.6 Å². The van der Waals surface area contributed by atoms with Crippen molar-refractivity contribution in [2.75, 3.05) is 7.11 Å². The number of carbonyl (C=O) groups is 2. The highest BCUT2D eigenvalue weighted by Gasteiger charge is 2.17. The lowest BCUT2D eigenvalue weighted by Gasteiger charge is -2.10. The molecule has 1 aromatic rings. The van der Waals surface area contributed by atoms with Gasteiger partial charge in [-0.3, -0.25) is 4.79 Å². The maximum absolute atomic E-state index is 12.0. The molecular weight excluding hydrogens is 240 g/mol. The molecule has 1 rings (SSSR count). The third kappa shape index (κ3) is 3.56. The van der Waals surface area contributed by atoms with Crippen LogP contribution in [0.15, 0.2) is 18.2 Å². The molecule has 0 aromatic heterocycles. The molecule has 92 valence electrons. The first-order valence-corrected chi connectivity index (χ1v) is 5.70. The fourth-order valence-corrected chi connectivity index (χ4v) is 1.89. The Labute approximate surface area is 106 Å². The summed E-state index contributed by atoms with van der Waals surface area (Å²) in [6, 6.07) is 4.87. The van der Waals surface area contributed by atoms with Gasteiger partial charge in [-0.15, -0.1) is 0 Å². The molecule has 1 aromatic carbocycles. The van der Waals surface area contributed by atoms with Crippen molar-refractivity contribution in [3.8, 4) is 5.75 Å². The molecule has 0 radical (unpaired) electrons. The quantitative estimate of drug-likeness (QED) is 0.758. The average molecular weight is 255 g/mol. The van der Waals surface area contributed by atoms with Crippen molar-refractivity contribution < 1.29 is 14.3 Å². The molecule has 0 fully saturated rings. The number of halogens is 1. The molecule has 3 nitrogen and oxygen atoms in total. The Hall–Kier alpha value is -1.35. The number of hydrogen-bond donors (Lipinski definition) is 0. The second kappa shape index (κ2) is 5.82. The molecule has 17 heavy (non-hydrogen) atoms. The van der Waals surface area contributed by atoms with Gasteiger partial charge in [0.15, 0.2) is 5.78 Å². The second-order valence-electron chi connectivity index (χ2n) is 4.02. The Morgan fingerprint density at radius 1 is 1.41 bits per heavy atom. The van der Waals surface area contributed by atoms with Crippen LogP contribution in [-0.4, -0.2) is 18.7 Å². The Kier molecular flexibility index (Phi) is 4.70. The zero-order valence-corrected chi connectivity index (χ0v) is 10.9. The fraction of sp³-hybridized carbons (Fsp3) is 0.385. The molecule has 0 bridgehead atoms. The molecule has 0 amide bonds. The first-order chi connectivity index (χ1) is 7.95. The average Bonchev–Trinajstić information content (AvgIpc) is 2.27. The molecular formula is C13H15ClO3. The van der Waals surface area contributed by atoms with E-state index in [0.717, 1.165) is 0 Å². The lowest BCUT2D eigenvalue weighted by molar-refractivity contribution is -0.117. The number of methoxy groups -OCH3 is 1. The summed E-state index contributed by atoms with van der Waals surface area (Å²) in [5, 5.41) is 0.397. The Morgan fingerprint density at radius 2 is 2.06 bits per heavy atom. The van der Waals surface area contributed by atoms with E-state index in [4.69, 9.17) is 16.3 Å². The van der Waals surface area contributed by atoms with Crippen LogP contribution in [0, 0.1) is 5.92 Å². The lowest BCUT2D eigenvalue weighted by atomic mass is 9.95. The third-order valence-corrected chi connectivity index (χ3v) is 2.77.